The molecule has 1 aliphatic rings. The summed E-state index contributed by atoms with van der Waals surface area (Å²) in [5, 5.41) is 13.2. The number of hydrogen-bond acceptors (Lipinski definition) is 4. The molecule has 4 nitrogen and oxygen atoms in total. The Morgan fingerprint density at radius 3 is 2.74 bits per heavy atom. The Bertz CT molecular complexity index is 577. The van der Waals surface area contributed by atoms with Gasteiger partial charge in [-0.1, -0.05) is 24.4 Å². The highest BCUT2D eigenvalue weighted by Crippen LogP contribution is 2.32. The number of phenols is 1. The van der Waals surface area contributed by atoms with Crippen molar-refractivity contribution in [3.8, 4) is 17.2 Å². The summed E-state index contributed by atoms with van der Waals surface area (Å²) in [5.41, 5.74) is 0.229. The maximum absolute atomic E-state index is 13.7. The molecule has 19 heavy (non-hydrogen) atoms. The Morgan fingerprint density at radius 1 is 1.21 bits per heavy atom. The van der Waals surface area contributed by atoms with E-state index in [1.54, 1.807) is 0 Å². The fourth-order valence-corrected chi connectivity index (χ4v) is 2.55. The molecular weight excluding hydrogens is 247 g/mol. The summed E-state index contributed by atoms with van der Waals surface area (Å²) in [5.74, 6) is 0.499. The van der Waals surface area contributed by atoms with Crippen LogP contribution in [0, 0.1) is 5.82 Å². The van der Waals surface area contributed by atoms with Crippen LogP contribution in [-0.4, -0.2) is 15.2 Å². The molecule has 5 heteroatoms. The summed E-state index contributed by atoms with van der Waals surface area (Å²) in [4.78, 5) is 4.30. The van der Waals surface area contributed by atoms with Gasteiger partial charge >= 0.3 is 0 Å². The number of benzene rings is 1. The Labute approximate surface area is 110 Å². The smallest absolute Gasteiger partial charge is 0.260 e. The molecule has 0 amide bonds. The van der Waals surface area contributed by atoms with Crippen LogP contribution in [0.5, 0.6) is 5.75 Å². The summed E-state index contributed by atoms with van der Waals surface area (Å²) in [6.07, 6.45) is 5.76. The molecule has 0 atom stereocenters. The first-order valence-corrected chi connectivity index (χ1v) is 6.56. The second kappa shape index (κ2) is 4.99. The number of rotatable bonds is 2. The Morgan fingerprint density at radius 2 is 2.00 bits per heavy atom. The molecular formula is C14H15FN2O2. The molecule has 1 aliphatic carbocycles. The predicted molar refractivity (Wildman–Crippen MR) is 67.2 cm³/mol. The van der Waals surface area contributed by atoms with E-state index in [1.165, 1.54) is 31.4 Å². The van der Waals surface area contributed by atoms with Crippen LogP contribution in [-0.2, 0) is 0 Å². The maximum atomic E-state index is 13.7. The van der Waals surface area contributed by atoms with E-state index in [9.17, 15) is 9.50 Å². The molecule has 1 N–H and O–H groups in total. The summed E-state index contributed by atoms with van der Waals surface area (Å²) in [6.45, 7) is 0. The van der Waals surface area contributed by atoms with Gasteiger partial charge in [-0.3, -0.25) is 0 Å². The zero-order chi connectivity index (χ0) is 13.2. The quantitative estimate of drug-likeness (QED) is 0.897. The Balaban J connectivity index is 1.87. The standard InChI is InChI=1S/C14H15FN2O2/c15-12-8-10(18)6-7-11(12)14-16-13(17-19-14)9-4-2-1-3-5-9/h6-9,18H,1-5H2. The summed E-state index contributed by atoms with van der Waals surface area (Å²) >= 11 is 0. The molecule has 1 saturated carbocycles. The monoisotopic (exact) mass is 262 g/mol. The minimum atomic E-state index is -0.557. The normalized spacial score (nSPS) is 16.7. The number of hydrogen-bond donors (Lipinski definition) is 1. The SMILES string of the molecule is Oc1ccc(-c2nc(C3CCCCC3)no2)c(F)c1. The van der Waals surface area contributed by atoms with Gasteiger partial charge in [0.05, 0.1) is 5.56 Å². The maximum Gasteiger partial charge on any atom is 0.260 e. The molecule has 0 aliphatic heterocycles. The highest BCUT2D eigenvalue weighted by Gasteiger charge is 2.22. The zero-order valence-electron chi connectivity index (χ0n) is 10.5. The average molecular weight is 262 g/mol. The summed E-state index contributed by atoms with van der Waals surface area (Å²) < 4.78 is 18.8. The van der Waals surface area contributed by atoms with Gasteiger partial charge in [-0.15, -0.1) is 0 Å². The van der Waals surface area contributed by atoms with Gasteiger partial charge in [-0.25, -0.2) is 4.39 Å². The average Bonchev–Trinajstić information content (AvgIpc) is 2.89. The van der Waals surface area contributed by atoms with Crippen LogP contribution in [0.15, 0.2) is 22.7 Å². The van der Waals surface area contributed by atoms with Crippen LogP contribution in [0.2, 0.25) is 0 Å². The highest BCUT2D eigenvalue weighted by atomic mass is 19.1. The van der Waals surface area contributed by atoms with Gasteiger partial charge in [0, 0.05) is 12.0 Å². The number of aromatic hydroxyl groups is 1. The van der Waals surface area contributed by atoms with Gasteiger partial charge in [-0.05, 0) is 25.0 Å². The molecule has 1 aromatic carbocycles. The van der Waals surface area contributed by atoms with E-state index >= 15 is 0 Å². The molecule has 0 radical (unpaired) electrons. The third-order valence-corrected chi connectivity index (χ3v) is 3.60. The first-order chi connectivity index (χ1) is 9.24. The van der Waals surface area contributed by atoms with E-state index in [0.717, 1.165) is 18.9 Å². The van der Waals surface area contributed by atoms with Gasteiger partial charge < -0.3 is 9.63 Å². The van der Waals surface area contributed by atoms with Gasteiger partial charge in [0.2, 0.25) is 0 Å². The lowest BCUT2D eigenvalue weighted by Crippen LogP contribution is -2.06. The van der Waals surface area contributed by atoms with Gasteiger partial charge in [0.25, 0.3) is 5.89 Å². The van der Waals surface area contributed by atoms with Crippen molar-refractivity contribution in [1.29, 1.82) is 0 Å². The van der Waals surface area contributed by atoms with E-state index in [2.05, 4.69) is 10.1 Å². The van der Waals surface area contributed by atoms with Crippen molar-refractivity contribution in [2.24, 2.45) is 0 Å². The third kappa shape index (κ3) is 2.45. The first-order valence-electron chi connectivity index (χ1n) is 6.56. The van der Waals surface area contributed by atoms with Crippen LogP contribution < -0.4 is 0 Å². The van der Waals surface area contributed by atoms with Crippen molar-refractivity contribution < 1.29 is 14.0 Å². The van der Waals surface area contributed by atoms with Crippen molar-refractivity contribution >= 4 is 0 Å². The van der Waals surface area contributed by atoms with E-state index < -0.39 is 5.82 Å². The van der Waals surface area contributed by atoms with Crippen LogP contribution >= 0.6 is 0 Å². The zero-order valence-corrected chi connectivity index (χ0v) is 10.5. The lowest BCUT2D eigenvalue weighted by Gasteiger charge is -2.17. The second-order valence-corrected chi connectivity index (χ2v) is 4.96. The molecule has 0 unspecified atom stereocenters. The minimum absolute atomic E-state index is 0.117. The molecule has 100 valence electrons. The first kappa shape index (κ1) is 12.1. The fourth-order valence-electron chi connectivity index (χ4n) is 2.55. The van der Waals surface area contributed by atoms with E-state index in [1.807, 2.05) is 0 Å². The lowest BCUT2D eigenvalue weighted by molar-refractivity contribution is 0.384. The fraction of sp³-hybridized carbons (Fsp3) is 0.429. The number of halogens is 1. The third-order valence-electron chi connectivity index (χ3n) is 3.60. The van der Waals surface area contributed by atoms with E-state index in [-0.39, 0.29) is 17.2 Å². The van der Waals surface area contributed by atoms with Gasteiger partial charge in [0.1, 0.15) is 11.6 Å². The minimum Gasteiger partial charge on any atom is -0.508 e. The van der Waals surface area contributed by atoms with Crippen LogP contribution in [0.3, 0.4) is 0 Å². The van der Waals surface area contributed by atoms with E-state index in [4.69, 9.17) is 4.52 Å². The second-order valence-electron chi connectivity index (χ2n) is 4.96. The lowest BCUT2D eigenvalue weighted by atomic mass is 9.89. The number of phenolic OH excluding ortho intramolecular Hbond substituents is 1. The molecule has 0 saturated heterocycles. The Hall–Kier alpha value is -1.91. The van der Waals surface area contributed by atoms with Gasteiger partial charge in [-0.2, -0.15) is 4.98 Å². The number of aromatic nitrogens is 2. The molecule has 1 aromatic heterocycles. The molecule has 0 bridgehead atoms. The molecule has 2 aromatic rings. The molecule has 1 fully saturated rings. The molecule has 0 spiro atoms. The van der Waals surface area contributed by atoms with Crippen molar-refractivity contribution in [3.63, 3.8) is 0 Å². The van der Waals surface area contributed by atoms with Gasteiger partial charge in [0.15, 0.2) is 5.82 Å². The summed E-state index contributed by atoms with van der Waals surface area (Å²) in [6, 6.07) is 3.89. The topological polar surface area (TPSA) is 59.2 Å². The van der Waals surface area contributed by atoms with Crippen molar-refractivity contribution in [3.05, 3.63) is 29.8 Å². The largest absolute Gasteiger partial charge is 0.508 e. The molecule has 1 heterocycles. The summed E-state index contributed by atoms with van der Waals surface area (Å²) in [7, 11) is 0. The predicted octanol–water partition coefficient (Wildman–Crippen LogP) is 3.63. The van der Waals surface area contributed by atoms with Crippen LogP contribution in [0.1, 0.15) is 43.8 Å². The Kier molecular flexibility index (Phi) is 3.19. The van der Waals surface area contributed by atoms with Crippen LogP contribution in [0.4, 0.5) is 4.39 Å². The molecule has 3 rings (SSSR count). The number of nitrogens with zero attached hydrogens (tertiary/aromatic N) is 2. The van der Waals surface area contributed by atoms with E-state index in [0.29, 0.717) is 11.7 Å². The van der Waals surface area contributed by atoms with Crippen molar-refractivity contribution in [2.75, 3.05) is 0 Å². The van der Waals surface area contributed by atoms with Crippen LogP contribution in [0.25, 0.3) is 11.5 Å². The highest BCUT2D eigenvalue weighted by molar-refractivity contribution is 5.55. The van der Waals surface area contributed by atoms with Crippen molar-refractivity contribution in [2.45, 2.75) is 38.0 Å². The van der Waals surface area contributed by atoms with Crippen molar-refractivity contribution in [1.82, 2.24) is 10.1 Å².